The maximum Gasteiger partial charge on any atom is 0.129 e. The first kappa shape index (κ1) is 20.8. The minimum atomic E-state index is -0.0397. The summed E-state index contributed by atoms with van der Waals surface area (Å²) in [6, 6.07) is 9.68. The number of fused-ring (bicyclic) bond motifs is 1. The molecule has 0 bridgehead atoms. The number of nitrogens with zero attached hydrogens (tertiary/aromatic N) is 2. The predicted molar refractivity (Wildman–Crippen MR) is 122 cm³/mol. The standard InChI is InChI=1S/C23H26Cl2N2O/c1-6-10-27-20-12-21(28-5)16(11-17(20)15(2)13-23(27,3)4)14-26-19-9-7-8-18(24)22(19)25/h7-9,11-14H,6,10H2,1-5H3. The second-order valence-electron chi connectivity index (χ2n) is 7.58. The number of hydrogen-bond acceptors (Lipinski definition) is 3. The minimum absolute atomic E-state index is 0.0397. The van der Waals surface area contributed by atoms with E-state index in [4.69, 9.17) is 27.9 Å². The topological polar surface area (TPSA) is 24.8 Å². The van der Waals surface area contributed by atoms with Crippen molar-refractivity contribution in [2.45, 2.75) is 39.7 Å². The minimum Gasteiger partial charge on any atom is -0.496 e. The molecule has 0 radical (unpaired) electrons. The molecule has 148 valence electrons. The number of aliphatic imine (C=N–C) groups is 1. The molecule has 0 unspecified atom stereocenters. The van der Waals surface area contributed by atoms with Crippen LogP contribution in [0.25, 0.3) is 5.57 Å². The third-order valence-corrected chi connectivity index (χ3v) is 5.86. The van der Waals surface area contributed by atoms with Gasteiger partial charge in [-0.2, -0.15) is 0 Å². The van der Waals surface area contributed by atoms with Crippen LogP contribution in [0, 0.1) is 0 Å². The van der Waals surface area contributed by atoms with Gasteiger partial charge in [-0.05, 0) is 51.0 Å². The van der Waals surface area contributed by atoms with Crippen molar-refractivity contribution in [2.75, 3.05) is 18.6 Å². The van der Waals surface area contributed by atoms with Crippen molar-refractivity contribution in [3.8, 4) is 5.75 Å². The Morgan fingerprint density at radius 1 is 1.21 bits per heavy atom. The SMILES string of the molecule is CCCN1c2cc(OC)c(C=Nc3cccc(Cl)c3Cl)cc2C(C)=CC1(C)C. The highest BCUT2D eigenvalue weighted by atomic mass is 35.5. The lowest BCUT2D eigenvalue weighted by molar-refractivity contribution is 0.413. The molecule has 1 aliphatic heterocycles. The summed E-state index contributed by atoms with van der Waals surface area (Å²) in [5.41, 5.74) is 5.15. The van der Waals surface area contributed by atoms with E-state index in [9.17, 15) is 0 Å². The molecule has 0 aromatic heterocycles. The highest BCUT2D eigenvalue weighted by Crippen LogP contribution is 2.42. The Morgan fingerprint density at radius 3 is 2.64 bits per heavy atom. The molecule has 0 fully saturated rings. The molecule has 0 N–H and O–H groups in total. The van der Waals surface area contributed by atoms with E-state index >= 15 is 0 Å². The Labute approximate surface area is 177 Å². The van der Waals surface area contributed by atoms with Gasteiger partial charge in [0.05, 0.1) is 28.4 Å². The number of benzene rings is 2. The quantitative estimate of drug-likeness (QED) is 0.482. The van der Waals surface area contributed by atoms with Crippen molar-refractivity contribution in [3.63, 3.8) is 0 Å². The van der Waals surface area contributed by atoms with Crippen molar-refractivity contribution < 1.29 is 4.74 Å². The number of ether oxygens (including phenoxy) is 1. The number of halogens is 2. The van der Waals surface area contributed by atoms with Crippen molar-refractivity contribution in [3.05, 3.63) is 57.6 Å². The first-order valence-electron chi connectivity index (χ1n) is 9.46. The Kier molecular flexibility index (Phi) is 6.07. The fraction of sp³-hybridized carbons (Fsp3) is 0.348. The van der Waals surface area contributed by atoms with E-state index in [1.54, 1.807) is 19.4 Å². The first-order valence-corrected chi connectivity index (χ1v) is 10.2. The van der Waals surface area contributed by atoms with E-state index < -0.39 is 0 Å². The van der Waals surface area contributed by atoms with Gasteiger partial charge in [0.1, 0.15) is 5.75 Å². The summed E-state index contributed by atoms with van der Waals surface area (Å²) >= 11 is 12.4. The maximum atomic E-state index is 6.26. The molecule has 0 spiro atoms. The van der Waals surface area contributed by atoms with Crippen LogP contribution >= 0.6 is 23.2 Å². The van der Waals surface area contributed by atoms with Gasteiger partial charge < -0.3 is 9.64 Å². The zero-order valence-electron chi connectivity index (χ0n) is 17.0. The Bertz CT molecular complexity index is 948. The second kappa shape index (κ2) is 8.18. The molecular formula is C23H26Cl2N2O. The lowest BCUT2D eigenvalue weighted by Gasteiger charge is -2.43. The number of allylic oxidation sites excluding steroid dienone is 1. The molecular weight excluding hydrogens is 391 g/mol. The lowest BCUT2D eigenvalue weighted by atomic mass is 9.87. The summed E-state index contributed by atoms with van der Waals surface area (Å²) in [5.74, 6) is 0.784. The number of rotatable bonds is 5. The zero-order valence-corrected chi connectivity index (χ0v) is 18.5. The van der Waals surface area contributed by atoms with E-state index in [1.807, 2.05) is 12.1 Å². The third-order valence-electron chi connectivity index (χ3n) is 5.05. The molecule has 2 aromatic rings. The zero-order chi connectivity index (χ0) is 20.5. The second-order valence-corrected chi connectivity index (χ2v) is 8.36. The van der Waals surface area contributed by atoms with E-state index in [0.29, 0.717) is 15.7 Å². The molecule has 1 heterocycles. The molecule has 28 heavy (non-hydrogen) atoms. The lowest BCUT2D eigenvalue weighted by Crippen LogP contribution is -2.45. The van der Waals surface area contributed by atoms with Gasteiger partial charge in [-0.25, -0.2) is 0 Å². The molecule has 3 nitrogen and oxygen atoms in total. The van der Waals surface area contributed by atoms with Crippen LogP contribution in [0.1, 0.15) is 45.2 Å². The first-order chi connectivity index (χ1) is 13.3. The van der Waals surface area contributed by atoms with E-state index in [2.05, 4.69) is 55.8 Å². The number of methoxy groups -OCH3 is 1. The smallest absolute Gasteiger partial charge is 0.129 e. The monoisotopic (exact) mass is 416 g/mol. The number of anilines is 1. The van der Waals surface area contributed by atoms with Crippen LogP contribution in [0.5, 0.6) is 5.75 Å². The van der Waals surface area contributed by atoms with Crippen molar-refractivity contribution in [1.82, 2.24) is 0 Å². The number of hydrogen-bond donors (Lipinski definition) is 0. The highest BCUT2D eigenvalue weighted by molar-refractivity contribution is 6.43. The molecule has 2 aromatic carbocycles. The van der Waals surface area contributed by atoms with Crippen molar-refractivity contribution in [1.29, 1.82) is 0 Å². The summed E-state index contributed by atoms with van der Waals surface area (Å²) in [4.78, 5) is 6.99. The third kappa shape index (κ3) is 3.92. The molecule has 0 saturated heterocycles. The highest BCUT2D eigenvalue weighted by Gasteiger charge is 2.31. The van der Waals surface area contributed by atoms with Crippen LogP contribution in [0.3, 0.4) is 0 Å². The predicted octanol–water partition coefficient (Wildman–Crippen LogP) is 7.16. The maximum absolute atomic E-state index is 6.26. The molecule has 5 heteroatoms. The normalized spacial score (nSPS) is 15.5. The van der Waals surface area contributed by atoms with E-state index in [1.165, 1.54) is 16.8 Å². The Hall–Kier alpha value is -1.97. The largest absolute Gasteiger partial charge is 0.496 e. The van der Waals surface area contributed by atoms with Gasteiger partial charge in [0.25, 0.3) is 0 Å². The average molecular weight is 417 g/mol. The fourth-order valence-corrected chi connectivity index (χ4v) is 4.11. The van der Waals surface area contributed by atoms with Gasteiger partial charge in [-0.3, -0.25) is 4.99 Å². The Balaban J connectivity index is 2.09. The Morgan fingerprint density at radius 2 is 1.96 bits per heavy atom. The van der Waals surface area contributed by atoms with Crippen LogP contribution in [0.15, 0.2) is 41.4 Å². The van der Waals surface area contributed by atoms with Crippen molar-refractivity contribution >= 4 is 46.4 Å². The van der Waals surface area contributed by atoms with Gasteiger partial charge in [0, 0.05) is 35.6 Å². The molecule has 0 amide bonds. The van der Waals surface area contributed by atoms with Crippen LogP contribution in [-0.2, 0) is 0 Å². The summed E-state index contributed by atoms with van der Waals surface area (Å²) < 4.78 is 5.69. The average Bonchev–Trinajstić information content (AvgIpc) is 2.65. The molecule has 0 atom stereocenters. The van der Waals surface area contributed by atoms with Crippen LogP contribution in [0.4, 0.5) is 11.4 Å². The fourth-order valence-electron chi connectivity index (χ4n) is 3.76. The summed E-state index contributed by atoms with van der Waals surface area (Å²) in [5, 5.41) is 0.939. The van der Waals surface area contributed by atoms with Gasteiger partial charge in [0.15, 0.2) is 0 Å². The van der Waals surface area contributed by atoms with E-state index in [0.717, 1.165) is 24.3 Å². The van der Waals surface area contributed by atoms with E-state index in [-0.39, 0.29) is 5.54 Å². The van der Waals surface area contributed by atoms with Gasteiger partial charge >= 0.3 is 0 Å². The van der Waals surface area contributed by atoms with Crippen LogP contribution < -0.4 is 9.64 Å². The molecule has 3 rings (SSSR count). The summed E-state index contributed by atoms with van der Waals surface area (Å²) in [7, 11) is 1.69. The van der Waals surface area contributed by atoms with Gasteiger partial charge in [0.2, 0.25) is 0 Å². The summed E-state index contributed by atoms with van der Waals surface area (Å²) in [6.07, 6.45) is 5.19. The van der Waals surface area contributed by atoms with Gasteiger partial charge in [-0.1, -0.05) is 42.3 Å². The van der Waals surface area contributed by atoms with Crippen LogP contribution in [0.2, 0.25) is 10.0 Å². The molecule has 0 saturated carbocycles. The van der Waals surface area contributed by atoms with Gasteiger partial charge in [-0.15, -0.1) is 0 Å². The van der Waals surface area contributed by atoms with Crippen LogP contribution in [-0.4, -0.2) is 25.4 Å². The molecule has 0 aliphatic carbocycles. The summed E-state index contributed by atoms with van der Waals surface area (Å²) in [6.45, 7) is 9.84. The van der Waals surface area contributed by atoms with Crippen molar-refractivity contribution in [2.24, 2.45) is 4.99 Å². The molecule has 1 aliphatic rings.